The van der Waals surface area contributed by atoms with Crippen molar-refractivity contribution in [3.05, 3.63) is 70.0 Å². The van der Waals surface area contributed by atoms with Gasteiger partial charge in [-0.25, -0.2) is 9.99 Å². The number of hydrazone groups is 2. The van der Waals surface area contributed by atoms with E-state index in [-0.39, 0.29) is 5.91 Å². The average Bonchev–Trinajstić information content (AvgIpc) is 3.21. The van der Waals surface area contributed by atoms with E-state index in [9.17, 15) is 4.79 Å². The molecule has 0 atom stereocenters. The molecule has 2 aromatic carbocycles. The quantitative estimate of drug-likeness (QED) is 0.632. The summed E-state index contributed by atoms with van der Waals surface area (Å²) in [4.78, 5) is 18.6. The van der Waals surface area contributed by atoms with Gasteiger partial charge in [-0.1, -0.05) is 48.0 Å². The highest BCUT2D eigenvalue weighted by Gasteiger charge is 2.30. The van der Waals surface area contributed by atoms with Gasteiger partial charge in [0.15, 0.2) is 5.71 Å². The fourth-order valence-electron chi connectivity index (χ4n) is 3.05. The molecule has 0 bridgehead atoms. The van der Waals surface area contributed by atoms with Crippen LogP contribution in [0.2, 0.25) is 0 Å². The van der Waals surface area contributed by atoms with Gasteiger partial charge in [0.05, 0.1) is 23.6 Å². The molecular formula is C22H21N5OS. The van der Waals surface area contributed by atoms with Crippen LogP contribution in [0.5, 0.6) is 0 Å². The van der Waals surface area contributed by atoms with E-state index < -0.39 is 0 Å². The van der Waals surface area contributed by atoms with Crippen molar-refractivity contribution in [2.75, 3.05) is 5.43 Å². The third-order valence-electron chi connectivity index (χ3n) is 4.57. The summed E-state index contributed by atoms with van der Waals surface area (Å²) in [5.41, 5.74) is 7.86. The molecule has 0 radical (unpaired) electrons. The van der Waals surface area contributed by atoms with Crippen LogP contribution < -0.4 is 5.43 Å². The average molecular weight is 404 g/mol. The number of carbonyl (C=O) groups excluding carboxylic acids is 1. The van der Waals surface area contributed by atoms with Crippen LogP contribution in [0.15, 0.2) is 64.8 Å². The molecule has 0 saturated heterocycles. The molecule has 1 aliphatic heterocycles. The van der Waals surface area contributed by atoms with Crippen LogP contribution in [0.4, 0.5) is 5.69 Å². The predicted molar refractivity (Wildman–Crippen MR) is 118 cm³/mol. The molecule has 7 heteroatoms. The van der Waals surface area contributed by atoms with Crippen molar-refractivity contribution >= 4 is 34.4 Å². The fraction of sp³-hybridized carbons (Fsp3) is 0.182. The standard InChI is InChI=1S/C22H21N5OS/c1-14-9-11-18(12-10-14)24-25-20-15(2)26-27(22(20)28)13-19-23-21(16(3)29-19)17-7-5-4-6-8-17/h4-12,24H,13H2,1-3H3/b25-20+. The molecule has 29 heavy (non-hydrogen) atoms. The van der Waals surface area contributed by atoms with Crippen LogP contribution >= 0.6 is 11.3 Å². The first kappa shape index (κ1) is 19.0. The van der Waals surface area contributed by atoms with Crippen molar-refractivity contribution in [1.82, 2.24) is 9.99 Å². The molecule has 0 unspecified atom stereocenters. The molecule has 0 aliphatic carbocycles. The minimum Gasteiger partial charge on any atom is -0.278 e. The van der Waals surface area contributed by atoms with Crippen LogP contribution in [-0.4, -0.2) is 27.3 Å². The molecule has 4 rings (SSSR count). The van der Waals surface area contributed by atoms with E-state index in [1.807, 2.05) is 68.4 Å². The van der Waals surface area contributed by atoms with Gasteiger partial charge >= 0.3 is 0 Å². The molecule has 1 N–H and O–H groups in total. The summed E-state index contributed by atoms with van der Waals surface area (Å²) in [6, 6.07) is 17.9. The first-order valence-electron chi connectivity index (χ1n) is 9.31. The molecule has 2 heterocycles. The highest BCUT2D eigenvalue weighted by molar-refractivity contribution is 7.12. The summed E-state index contributed by atoms with van der Waals surface area (Å²) in [5.74, 6) is -0.226. The van der Waals surface area contributed by atoms with E-state index in [2.05, 4.69) is 15.6 Å². The van der Waals surface area contributed by atoms with Crippen molar-refractivity contribution in [3.8, 4) is 11.3 Å². The molecule has 1 amide bonds. The Kier molecular flexibility index (Phi) is 5.22. The van der Waals surface area contributed by atoms with Crippen molar-refractivity contribution < 1.29 is 4.79 Å². The van der Waals surface area contributed by atoms with E-state index in [4.69, 9.17) is 4.98 Å². The van der Waals surface area contributed by atoms with Crippen molar-refractivity contribution in [2.24, 2.45) is 10.2 Å². The largest absolute Gasteiger partial charge is 0.296 e. The zero-order chi connectivity index (χ0) is 20.4. The lowest BCUT2D eigenvalue weighted by atomic mass is 10.1. The van der Waals surface area contributed by atoms with E-state index in [0.29, 0.717) is 18.0 Å². The Morgan fingerprint density at radius 2 is 1.76 bits per heavy atom. The first-order chi connectivity index (χ1) is 14.0. The smallest absolute Gasteiger partial charge is 0.278 e. The van der Waals surface area contributed by atoms with Crippen LogP contribution in [0.3, 0.4) is 0 Å². The summed E-state index contributed by atoms with van der Waals surface area (Å²) in [6.07, 6.45) is 0. The predicted octanol–water partition coefficient (Wildman–Crippen LogP) is 4.61. The third kappa shape index (κ3) is 4.09. The maximum Gasteiger partial charge on any atom is 0.296 e. The van der Waals surface area contributed by atoms with Crippen molar-refractivity contribution in [1.29, 1.82) is 0 Å². The van der Waals surface area contributed by atoms with Gasteiger partial charge < -0.3 is 0 Å². The molecule has 1 aliphatic rings. The summed E-state index contributed by atoms with van der Waals surface area (Å²) >= 11 is 1.58. The highest BCUT2D eigenvalue weighted by Crippen LogP contribution is 2.28. The van der Waals surface area contributed by atoms with Gasteiger partial charge in [-0.3, -0.25) is 10.2 Å². The van der Waals surface area contributed by atoms with Gasteiger partial charge in [0.2, 0.25) is 0 Å². The van der Waals surface area contributed by atoms with Gasteiger partial charge in [0.1, 0.15) is 5.01 Å². The Hall–Kier alpha value is -3.32. The van der Waals surface area contributed by atoms with E-state index >= 15 is 0 Å². The monoisotopic (exact) mass is 403 g/mol. The van der Waals surface area contributed by atoms with E-state index in [1.54, 1.807) is 18.3 Å². The molecule has 3 aromatic rings. The topological polar surface area (TPSA) is 70.0 Å². The highest BCUT2D eigenvalue weighted by atomic mass is 32.1. The molecule has 0 saturated carbocycles. The van der Waals surface area contributed by atoms with Gasteiger partial charge in [0, 0.05) is 10.4 Å². The second-order valence-corrected chi connectivity index (χ2v) is 8.15. The Balaban J connectivity index is 1.49. The lowest BCUT2D eigenvalue weighted by molar-refractivity contribution is -0.123. The lowest BCUT2D eigenvalue weighted by Crippen LogP contribution is -2.27. The zero-order valence-corrected chi connectivity index (χ0v) is 17.3. The Morgan fingerprint density at radius 3 is 2.48 bits per heavy atom. The Labute approximate surface area is 173 Å². The van der Waals surface area contributed by atoms with Crippen LogP contribution in [0.25, 0.3) is 11.3 Å². The number of nitrogens with zero attached hydrogens (tertiary/aromatic N) is 4. The summed E-state index contributed by atoms with van der Waals surface area (Å²) in [6.45, 7) is 6.19. The van der Waals surface area contributed by atoms with E-state index in [1.165, 1.54) is 5.01 Å². The Morgan fingerprint density at radius 1 is 1.03 bits per heavy atom. The summed E-state index contributed by atoms with van der Waals surface area (Å²) < 4.78 is 0. The zero-order valence-electron chi connectivity index (χ0n) is 16.5. The van der Waals surface area contributed by atoms with Crippen molar-refractivity contribution in [3.63, 3.8) is 0 Å². The maximum absolute atomic E-state index is 12.8. The summed E-state index contributed by atoms with van der Waals surface area (Å²) in [5, 5.41) is 10.9. The molecule has 0 fully saturated rings. The van der Waals surface area contributed by atoms with Crippen LogP contribution in [0.1, 0.15) is 22.4 Å². The number of hydrogen-bond donors (Lipinski definition) is 1. The number of carbonyl (C=O) groups is 1. The SMILES string of the molecule is CC1=NN(Cc2nc(-c3ccccc3)c(C)s2)C(=O)/C1=N/Nc1ccc(C)cc1. The number of thiazole rings is 1. The van der Waals surface area contributed by atoms with E-state index in [0.717, 1.165) is 32.4 Å². The molecule has 0 spiro atoms. The third-order valence-corrected chi connectivity index (χ3v) is 5.53. The number of amides is 1. The number of benzene rings is 2. The number of rotatable bonds is 5. The first-order valence-corrected chi connectivity index (χ1v) is 10.1. The molecular weight excluding hydrogens is 382 g/mol. The number of nitrogens with one attached hydrogen (secondary N) is 1. The number of aryl methyl sites for hydroxylation is 2. The van der Waals surface area contributed by atoms with Gasteiger partial charge in [0.25, 0.3) is 5.91 Å². The fourth-order valence-corrected chi connectivity index (χ4v) is 3.98. The van der Waals surface area contributed by atoms with Gasteiger partial charge in [-0.15, -0.1) is 11.3 Å². The Bertz CT molecular complexity index is 1100. The van der Waals surface area contributed by atoms with Gasteiger partial charge in [-0.05, 0) is 32.9 Å². The van der Waals surface area contributed by atoms with Crippen LogP contribution in [0, 0.1) is 13.8 Å². The van der Waals surface area contributed by atoms with Gasteiger partial charge in [-0.2, -0.15) is 10.2 Å². The summed E-state index contributed by atoms with van der Waals surface area (Å²) in [7, 11) is 0. The lowest BCUT2D eigenvalue weighted by Gasteiger charge is -2.09. The maximum atomic E-state index is 12.8. The second kappa shape index (κ2) is 7.97. The minimum atomic E-state index is -0.226. The number of aromatic nitrogens is 1. The van der Waals surface area contributed by atoms with Crippen LogP contribution in [-0.2, 0) is 11.3 Å². The number of anilines is 1. The minimum absolute atomic E-state index is 0.226. The molecule has 6 nitrogen and oxygen atoms in total. The normalized spacial score (nSPS) is 15.1. The second-order valence-electron chi connectivity index (χ2n) is 6.86. The molecule has 146 valence electrons. The number of hydrogen-bond acceptors (Lipinski definition) is 6. The van der Waals surface area contributed by atoms with Crippen molar-refractivity contribution in [2.45, 2.75) is 27.3 Å². The molecule has 1 aromatic heterocycles.